The van der Waals surface area contributed by atoms with Crippen LogP contribution in [0.2, 0.25) is 0 Å². The summed E-state index contributed by atoms with van der Waals surface area (Å²) in [5.74, 6) is -1.51. The molecule has 4 nitrogen and oxygen atoms in total. The summed E-state index contributed by atoms with van der Waals surface area (Å²) in [6.45, 7) is 0.264. The number of para-hydroxylation sites is 2. The summed E-state index contributed by atoms with van der Waals surface area (Å²) >= 11 is 0. The number of carbonyl (C=O) groups is 1. The summed E-state index contributed by atoms with van der Waals surface area (Å²) in [6, 6.07) is 11.2. The molecule has 0 radical (unpaired) electrons. The van der Waals surface area contributed by atoms with Crippen LogP contribution in [0.3, 0.4) is 0 Å². The van der Waals surface area contributed by atoms with Crippen molar-refractivity contribution in [1.82, 2.24) is 9.55 Å². The number of fused-ring (bicyclic) bond motifs is 1. The Balaban J connectivity index is 2.07. The molecule has 0 amide bonds. The van der Waals surface area contributed by atoms with Gasteiger partial charge in [-0.05, 0) is 35.9 Å². The van der Waals surface area contributed by atoms with Gasteiger partial charge in [0.1, 0.15) is 5.82 Å². The Morgan fingerprint density at radius 3 is 2.85 bits per heavy atom. The Bertz CT molecular complexity index is 795. The van der Waals surface area contributed by atoms with Gasteiger partial charge in [-0.3, -0.25) is 0 Å². The minimum absolute atomic E-state index is 0.101. The number of aromatic nitrogens is 2. The summed E-state index contributed by atoms with van der Waals surface area (Å²) in [6.07, 6.45) is 1.63. The van der Waals surface area contributed by atoms with E-state index in [1.54, 1.807) is 10.9 Å². The second-order valence-corrected chi connectivity index (χ2v) is 4.47. The fourth-order valence-corrected chi connectivity index (χ4v) is 2.22. The average molecular weight is 270 g/mol. The van der Waals surface area contributed by atoms with E-state index in [9.17, 15) is 9.18 Å². The Hall–Kier alpha value is -2.69. The third-order valence-corrected chi connectivity index (χ3v) is 3.17. The maximum absolute atomic E-state index is 13.3. The summed E-state index contributed by atoms with van der Waals surface area (Å²) in [5, 5.41) is 9.15. The van der Waals surface area contributed by atoms with Gasteiger partial charge in [0.2, 0.25) is 0 Å². The van der Waals surface area contributed by atoms with Crippen LogP contribution in [0, 0.1) is 5.82 Å². The molecule has 2 aromatic carbocycles. The number of hydrogen-bond donors (Lipinski definition) is 1. The van der Waals surface area contributed by atoms with Crippen molar-refractivity contribution in [2.75, 3.05) is 0 Å². The van der Waals surface area contributed by atoms with Gasteiger partial charge >= 0.3 is 5.97 Å². The van der Waals surface area contributed by atoms with E-state index in [4.69, 9.17) is 5.11 Å². The number of halogens is 1. The number of hydrogen-bond acceptors (Lipinski definition) is 2. The third-order valence-electron chi connectivity index (χ3n) is 3.17. The lowest BCUT2D eigenvalue weighted by Crippen LogP contribution is -2.07. The number of benzene rings is 2. The molecule has 0 bridgehead atoms. The molecule has 3 aromatic rings. The molecule has 1 aromatic heterocycles. The van der Waals surface area contributed by atoms with Crippen LogP contribution in [-0.4, -0.2) is 20.6 Å². The van der Waals surface area contributed by atoms with Gasteiger partial charge in [-0.2, -0.15) is 0 Å². The van der Waals surface area contributed by atoms with Crippen LogP contribution in [0.1, 0.15) is 15.9 Å². The number of carboxylic acid groups (broad SMARTS) is 1. The van der Waals surface area contributed by atoms with E-state index in [1.165, 1.54) is 12.1 Å². The first-order valence-electron chi connectivity index (χ1n) is 6.07. The molecule has 1 heterocycles. The zero-order chi connectivity index (χ0) is 14.1. The van der Waals surface area contributed by atoms with Crippen molar-refractivity contribution in [2.24, 2.45) is 0 Å². The molecule has 0 aliphatic rings. The molecule has 20 heavy (non-hydrogen) atoms. The van der Waals surface area contributed by atoms with Gasteiger partial charge < -0.3 is 9.67 Å². The lowest BCUT2D eigenvalue weighted by atomic mass is 10.1. The van der Waals surface area contributed by atoms with Gasteiger partial charge in [-0.15, -0.1) is 0 Å². The predicted molar refractivity (Wildman–Crippen MR) is 72.2 cm³/mol. The van der Waals surface area contributed by atoms with Gasteiger partial charge in [0.25, 0.3) is 0 Å². The van der Waals surface area contributed by atoms with E-state index >= 15 is 0 Å². The molecule has 100 valence electrons. The molecule has 0 unspecified atom stereocenters. The highest BCUT2D eigenvalue weighted by molar-refractivity contribution is 5.89. The second-order valence-electron chi connectivity index (χ2n) is 4.47. The molecule has 3 rings (SSSR count). The minimum atomic E-state index is -1.07. The number of rotatable bonds is 3. The Labute approximate surface area is 114 Å². The second kappa shape index (κ2) is 4.77. The van der Waals surface area contributed by atoms with E-state index in [-0.39, 0.29) is 12.1 Å². The molecular formula is C15H11FN2O2. The van der Waals surface area contributed by atoms with Crippen molar-refractivity contribution < 1.29 is 14.3 Å². The fraction of sp³-hybridized carbons (Fsp3) is 0.0667. The van der Waals surface area contributed by atoms with Gasteiger partial charge in [0.15, 0.2) is 0 Å². The van der Waals surface area contributed by atoms with Crippen LogP contribution in [0.25, 0.3) is 11.0 Å². The van der Waals surface area contributed by atoms with Crippen molar-refractivity contribution >= 4 is 17.0 Å². The maximum atomic E-state index is 13.3. The third kappa shape index (κ3) is 2.14. The number of imidazole rings is 1. The zero-order valence-corrected chi connectivity index (χ0v) is 10.5. The highest BCUT2D eigenvalue weighted by Crippen LogP contribution is 2.17. The first-order chi connectivity index (χ1) is 9.65. The topological polar surface area (TPSA) is 55.1 Å². The molecule has 5 heteroatoms. The van der Waals surface area contributed by atoms with Crippen molar-refractivity contribution in [3.05, 3.63) is 65.7 Å². The van der Waals surface area contributed by atoms with E-state index < -0.39 is 11.8 Å². The van der Waals surface area contributed by atoms with Crippen LogP contribution in [0.15, 0.2) is 48.8 Å². The number of carboxylic acids is 1. The lowest BCUT2D eigenvalue weighted by Gasteiger charge is -2.08. The van der Waals surface area contributed by atoms with Crippen LogP contribution >= 0.6 is 0 Å². The molecule has 0 aliphatic heterocycles. The van der Waals surface area contributed by atoms with E-state index in [1.807, 2.05) is 24.3 Å². The highest BCUT2D eigenvalue weighted by atomic mass is 19.1. The summed E-state index contributed by atoms with van der Waals surface area (Å²) in [5.41, 5.74) is 2.22. The van der Waals surface area contributed by atoms with Gasteiger partial charge in [0, 0.05) is 0 Å². The van der Waals surface area contributed by atoms with Crippen LogP contribution < -0.4 is 0 Å². The first kappa shape index (κ1) is 12.3. The summed E-state index contributed by atoms with van der Waals surface area (Å²) in [4.78, 5) is 15.4. The normalized spacial score (nSPS) is 10.8. The maximum Gasteiger partial charge on any atom is 0.336 e. The highest BCUT2D eigenvalue weighted by Gasteiger charge is 2.12. The quantitative estimate of drug-likeness (QED) is 0.796. The minimum Gasteiger partial charge on any atom is -0.478 e. The van der Waals surface area contributed by atoms with Crippen LogP contribution in [0.4, 0.5) is 4.39 Å². The molecule has 0 saturated carbocycles. The van der Waals surface area contributed by atoms with Crippen LogP contribution in [0.5, 0.6) is 0 Å². The standard InChI is InChI=1S/C15H11FN2O2/c16-11-5-6-12(15(19)20)10(7-11)8-18-9-17-13-3-1-2-4-14(13)18/h1-7,9H,8H2,(H,19,20). The Kier molecular flexibility index (Phi) is 2.95. The molecule has 1 N–H and O–H groups in total. The molecule has 0 fully saturated rings. The molecule has 0 aliphatic carbocycles. The van der Waals surface area contributed by atoms with Crippen LogP contribution in [-0.2, 0) is 6.54 Å². The first-order valence-corrected chi connectivity index (χ1v) is 6.07. The lowest BCUT2D eigenvalue weighted by molar-refractivity contribution is 0.0695. The largest absolute Gasteiger partial charge is 0.478 e. The van der Waals surface area contributed by atoms with E-state index in [2.05, 4.69) is 4.98 Å². The summed E-state index contributed by atoms with van der Waals surface area (Å²) in [7, 11) is 0. The molecule has 0 spiro atoms. The van der Waals surface area contributed by atoms with E-state index in [0.717, 1.165) is 17.1 Å². The molecular weight excluding hydrogens is 259 g/mol. The predicted octanol–water partition coefficient (Wildman–Crippen LogP) is 2.92. The number of aromatic carboxylic acids is 1. The fourth-order valence-electron chi connectivity index (χ4n) is 2.22. The van der Waals surface area contributed by atoms with Gasteiger partial charge in [-0.1, -0.05) is 12.1 Å². The smallest absolute Gasteiger partial charge is 0.336 e. The number of nitrogens with zero attached hydrogens (tertiary/aromatic N) is 2. The van der Waals surface area contributed by atoms with Gasteiger partial charge in [0.05, 0.1) is 29.5 Å². The Morgan fingerprint density at radius 2 is 2.05 bits per heavy atom. The SMILES string of the molecule is O=C(O)c1ccc(F)cc1Cn1cnc2ccccc21. The van der Waals surface area contributed by atoms with E-state index in [0.29, 0.717) is 5.56 Å². The monoisotopic (exact) mass is 270 g/mol. The average Bonchev–Trinajstić information content (AvgIpc) is 2.82. The Morgan fingerprint density at radius 1 is 1.25 bits per heavy atom. The molecule has 0 saturated heterocycles. The van der Waals surface area contributed by atoms with Crippen molar-refractivity contribution in [3.63, 3.8) is 0 Å². The van der Waals surface area contributed by atoms with Crippen molar-refractivity contribution in [1.29, 1.82) is 0 Å². The van der Waals surface area contributed by atoms with Crippen molar-refractivity contribution in [3.8, 4) is 0 Å². The van der Waals surface area contributed by atoms with Crippen molar-refractivity contribution in [2.45, 2.75) is 6.54 Å². The molecule has 0 atom stereocenters. The van der Waals surface area contributed by atoms with Gasteiger partial charge in [-0.25, -0.2) is 14.2 Å². The zero-order valence-electron chi connectivity index (χ0n) is 10.5. The summed E-state index contributed by atoms with van der Waals surface area (Å²) < 4.78 is 15.1.